The molecule has 0 bridgehead atoms. The van der Waals surface area contributed by atoms with Crippen LogP contribution >= 0.6 is 0 Å². The number of anilines is 1. The molecule has 28 heavy (non-hydrogen) atoms. The molecule has 1 fully saturated rings. The van der Waals surface area contributed by atoms with Crippen LogP contribution in [0.2, 0.25) is 0 Å². The van der Waals surface area contributed by atoms with Crippen LogP contribution in [0.5, 0.6) is 5.75 Å². The summed E-state index contributed by atoms with van der Waals surface area (Å²) in [6, 6.07) is 11.8. The molecule has 3 rings (SSSR count). The number of methoxy groups -OCH3 is 1. The maximum atomic E-state index is 13.7. The number of amides is 2. The average molecular weight is 385 g/mol. The number of ether oxygens (including phenoxy) is 1. The summed E-state index contributed by atoms with van der Waals surface area (Å²) in [6.07, 6.45) is 0. The van der Waals surface area contributed by atoms with E-state index in [2.05, 4.69) is 5.32 Å². The molecule has 2 aromatic carbocycles. The highest BCUT2D eigenvalue weighted by Crippen LogP contribution is 2.23. The number of benzene rings is 2. The Hall–Kier alpha value is -2.93. The molecule has 0 aromatic heterocycles. The highest BCUT2D eigenvalue weighted by molar-refractivity contribution is 5.95. The zero-order chi connectivity index (χ0) is 20.1. The van der Waals surface area contributed by atoms with E-state index < -0.39 is 0 Å². The van der Waals surface area contributed by atoms with Crippen molar-refractivity contribution < 1.29 is 18.7 Å². The summed E-state index contributed by atoms with van der Waals surface area (Å²) in [5.74, 6) is -0.0870. The van der Waals surface area contributed by atoms with Crippen molar-refractivity contribution in [2.45, 2.75) is 6.92 Å². The van der Waals surface area contributed by atoms with Gasteiger partial charge in [-0.15, -0.1) is 0 Å². The Kier molecular flexibility index (Phi) is 6.26. The third-order valence-electron chi connectivity index (χ3n) is 4.83. The number of halogens is 1. The van der Waals surface area contributed by atoms with Crippen LogP contribution in [0.3, 0.4) is 0 Å². The molecule has 0 spiro atoms. The van der Waals surface area contributed by atoms with Gasteiger partial charge in [0.2, 0.25) is 5.91 Å². The van der Waals surface area contributed by atoms with Gasteiger partial charge in [0.05, 0.1) is 19.3 Å². The topological polar surface area (TPSA) is 61.9 Å². The number of piperazine rings is 1. The van der Waals surface area contributed by atoms with Crippen molar-refractivity contribution >= 4 is 17.5 Å². The van der Waals surface area contributed by atoms with Gasteiger partial charge in [-0.2, -0.15) is 0 Å². The van der Waals surface area contributed by atoms with Crippen molar-refractivity contribution in [1.29, 1.82) is 0 Å². The van der Waals surface area contributed by atoms with E-state index in [4.69, 9.17) is 4.74 Å². The molecule has 2 amide bonds. The minimum atomic E-state index is -0.377. The largest absolute Gasteiger partial charge is 0.495 e. The number of rotatable bonds is 5. The molecule has 1 heterocycles. The highest BCUT2D eigenvalue weighted by Gasteiger charge is 2.24. The lowest BCUT2D eigenvalue weighted by atomic mass is 10.1. The highest BCUT2D eigenvalue weighted by atomic mass is 19.1. The van der Waals surface area contributed by atoms with Crippen LogP contribution < -0.4 is 10.1 Å². The second kappa shape index (κ2) is 8.84. The Bertz CT molecular complexity index is 864. The van der Waals surface area contributed by atoms with Crippen molar-refractivity contribution in [3.05, 3.63) is 59.4 Å². The number of aryl methyl sites for hydroxylation is 1. The molecule has 6 nitrogen and oxygen atoms in total. The predicted molar refractivity (Wildman–Crippen MR) is 105 cm³/mol. The summed E-state index contributed by atoms with van der Waals surface area (Å²) in [7, 11) is 1.56. The van der Waals surface area contributed by atoms with Crippen LogP contribution in [0.25, 0.3) is 0 Å². The normalized spacial score (nSPS) is 14.6. The fraction of sp³-hybridized carbons (Fsp3) is 0.333. The van der Waals surface area contributed by atoms with Gasteiger partial charge in [0.1, 0.15) is 11.6 Å². The van der Waals surface area contributed by atoms with E-state index in [-0.39, 0.29) is 24.2 Å². The zero-order valence-corrected chi connectivity index (χ0v) is 16.1. The lowest BCUT2D eigenvalue weighted by molar-refractivity contribution is -0.117. The smallest absolute Gasteiger partial charge is 0.254 e. The molecule has 0 unspecified atom stereocenters. The Labute approximate surface area is 163 Å². The number of nitrogens with zero attached hydrogens (tertiary/aromatic N) is 2. The Morgan fingerprint density at radius 1 is 1.11 bits per heavy atom. The van der Waals surface area contributed by atoms with Crippen molar-refractivity contribution in [2.75, 3.05) is 45.2 Å². The first-order valence-electron chi connectivity index (χ1n) is 9.18. The van der Waals surface area contributed by atoms with Crippen LogP contribution in [-0.2, 0) is 4.79 Å². The first-order valence-corrected chi connectivity index (χ1v) is 9.18. The Balaban J connectivity index is 1.51. The number of nitrogens with one attached hydrogen (secondary N) is 1. The van der Waals surface area contributed by atoms with Crippen molar-refractivity contribution in [3.63, 3.8) is 0 Å². The van der Waals surface area contributed by atoms with E-state index >= 15 is 0 Å². The van der Waals surface area contributed by atoms with E-state index in [0.717, 1.165) is 0 Å². The van der Waals surface area contributed by atoms with E-state index in [1.54, 1.807) is 43.2 Å². The van der Waals surface area contributed by atoms with Crippen LogP contribution in [0, 0.1) is 12.7 Å². The van der Waals surface area contributed by atoms with Gasteiger partial charge in [-0.25, -0.2) is 4.39 Å². The molecule has 1 aliphatic rings. The van der Waals surface area contributed by atoms with Crippen LogP contribution in [0.15, 0.2) is 42.5 Å². The third-order valence-corrected chi connectivity index (χ3v) is 4.83. The zero-order valence-electron chi connectivity index (χ0n) is 16.1. The standard InChI is InChI=1S/C21H24FN3O3/c1-15-7-8-16(13-17(15)22)21(27)25-11-9-24(10-12-25)14-20(26)23-18-5-3-4-6-19(18)28-2/h3-8,13H,9-12,14H2,1-2H3,(H,23,26). The van der Waals surface area contributed by atoms with Gasteiger partial charge in [0.15, 0.2) is 0 Å². The molecule has 0 radical (unpaired) electrons. The molecule has 1 saturated heterocycles. The summed E-state index contributed by atoms with van der Waals surface area (Å²) >= 11 is 0. The van der Waals surface area contributed by atoms with Gasteiger partial charge in [-0.05, 0) is 36.8 Å². The molecule has 0 saturated carbocycles. The molecule has 0 atom stereocenters. The monoisotopic (exact) mass is 385 g/mol. The third kappa shape index (κ3) is 4.67. The molecule has 0 aliphatic carbocycles. The van der Waals surface area contributed by atoms with Gasteiger partial charge in [0, 0.05) is 31.7 Å². The summed E-state index contributed by atoms with van der Waals surface area (Å²) in [4.78, 5) is 28.6. The van der Waals surface area contributed by atoms with E-state index in [0.29, 0.717) is 48.7 Å². The Morgan fingerprint density at radius 3 is 2.50 bits per heavy atom. The van der Waals surface area contributed by atoms with Crippen molar-refractivity contribution in [1.82, 2.24) is 9.80 Å². The van der Waals surface area contributed by atoms with Crippen molar-refractivity contribution in [2.24, 2.45) is 0 Å². The summed E-state index contributed by atoms with van der Waals surface area (Å²) in [5, 5.41) is 2.85. The first kappa shape index (κ1) is 19.8. The number of carbonyl (C=O) groups excluding carboxylic acids is 2. The number of hydrogen-bond acceptors (Lipinski definition) is 4. The fourth-order valence-corrected chi connectivity index (χ4v) is 3.16. The van der Waals surface area contributed by atoms with Gasteiger partial charge in [-0.1, -0.05) is 18.2 Å². The lowest BCUT2D eigenvalue weighted by Crippen LogP contribution is -2.50. The van der Waals surface area contributed by atoms with Gasteiger partial charge < -0.3 is 15.0 Å². The van der Waals surface area contributed by atoms with E-state index in [9.17, 15) is 14.0 Å². The van der Waals surface area contributed by atoms with Crippen LogP contribution in [0.4, 0.5) is 10.1 Å². The van der Waals surface area contributed by atoms with Gasteiger partial charge >= 0.3 is 0 Å². The van der Waals surface area contributed by atoms with Gasteiger partial charge in [-0.3, -0.25) is 14.5 Å². The number of hydrogen-bond donors (Lipinski definition) is 1. The molecule has 148 valence electrons. The molecule has 7 heteroatoms. The molecule has 2 aromatic rings. The molecule has 1 aliphatic heterocycles. The molecular formula is C21H24FN3O3. The maximum Gasteiger partial charge on any atom is 0.254 e. The second-order valence-corrected chi connectivity index (χ2v) is 6.78. The molecular weight excluding hydrogens is 361 g/mol. The van der Waals surface area contributed by atoms with Gasteiger partial charge in [0.25, 0.3) is 5.91 Å². The Morgan fingerprint density at radius 2 is 1.82 bits per heavy atom. The second-order valence-electron chi connectivity index (χ2n) is 6.78. The lowest BCUT2D eigenvalue weighted by Gasteiger charge is -2.34. The minimum Gasteiger partial charge on any atom is -0.495 e. The summed E-state index contributed by atoms with van der Waals surface area (Å²) in [5.41, 5.74) is 1.50. The van der Waals surface area contributed by atoms with Crippen LogP contribution in [-0.4, -0.2) is 61.4 Å². The maximum absolute atomic E-state index is 13.7. The SMILES string of the molecule is COc1ccccc1NC(=O)CN1CCN(C(=O)c2ccc(C)c(F)c2)CC1. The van der Waals surface area contributed by atoms with Crippen molar-refractivity contribution in [3.8, 4) is 5.75 Å². The fourth-order valence-electron chi connectivity index (χ4n) is 3.16. The van der Waals surface area contributed by atoms with E-state index in [1.807, 2.05) is 17.0 Å². The number of carbonyl (C=O) groups is 2. The summed E-state index contributed by atoms with van der Waals surface area (Å²) < 4.78 is 18.9. The van der Waals surface area contributed by atoms with Crippen LogP contribution in [0.1, 0.15) is 15.9 Å². The minimum absolute atomic E-state index is 0.134. The first-order chi connectivity index (χ1) is 13.5. The van der Waals surface area contributed by atoms with E-state index in [1.165, 1.54) is 6.07 Å². The molecule has 1 N–H and O–H groups in total. The summed E-state index contributed by atoms with van der Waals surface area (Å²) in [6.45, 7) is 4.06. The number of para-hydroxylation sites is 2. The predicted octanol–water partition coefficient (Wildman–Crippen LogP) is 2.54. The quantitative estimate of drug-likeness (QED) is 0.859. The average Bonchev–Trinajstić information content (AvgIpc) is 2.70.